The van der Waals surface area contributed by atoms with Gasteiger partial charge in [-0.1, -0.05) is 19.1 Å². The minimum Gasteiger partial charge on any atom is -0.353 e. The SMILES string of the molecule is CCCC(=O)Nc1ccc(CC(=O)NC(C)Cc2ccsc2)cc1. The zero-order valence-electron chi connectivity index (χ0n) is 14.2. The van der Waals surface area contributed by atoms with Crippen LogP contribution >= 0.6 is 11.3 Å². The Hall–Kier alpha value is -2.14. The van der Waals surface area contributed by atoms with Crippen molar-refractivity contribution in [3.63, 3.8) is 0 Å². The van der Waals surface area contributed by atoms with Gasteiger partial charge in [-0.3, -0.25) is 9.59 Å². The molecule has 128 valence electrons. The highest BCUT2D eigenvalue weighted by Crippen LogP contribution is 2.12. The molecule has 0 spiro atoms. The third-order valence-electron chi connectivity index (χ3n) is 3.61. The first kappa shape index (κ1) is 18.2. The Kier molecular flexibility index (Phi) is 7.00. The van der Waals surface area contributed by atoms with E-state index in [4.69, 9.17) is 0 Å². The molecule has 1 atom stereocenters. The van der Waals surface area contributed by atoms with Gasteiger partial charge < -0.3 is 10.6 Å². The summed E-state index contributed by atoms with van der Waals surface area (Å²) in [7, 11) is 0. The molecule has 24 heavy (non-hydrogen) atoms. The molecule has 2 aromatic rings. The number of rotatable bonds is 8. The van der Waals surface area contributed by atoms with E-state index >= 15 is 0 Å². The van der Waals surface area contributed by atoms with Crippen molar-refractivity contribution < 1.29 is 9.59 Å². The van der Waals surface area contributed by atoms with E-state index in [9.17, 15) is 9.59 Å². The van der Waals surface area contributed by atoms with E-state index in [-0.39, 0.29) is 17.9 Å². The van der Waals surface area contributed by atoms with Crippen LogP contribution in [0.1, 0.15) is 37.8 Å². The second-order valence-corrected chi connectivity index (χ2v) is 6.76. The summed E-state index contributed by atoms with van der Waals surface area (Å²) in [5.41, 5.74) is 2.95. The Labute approximate surface area is 147 Å². The summed E-state index contributed by atoms with van der Waals surface area (Å²) < 4.78 is 0. The van der Waals surface area contributed by atoms with Crippen LogP contribution in [0.3, 0.4) is 0 Å². The third kappa shape index (κ3) is 6.16. The number of hydrogen-bond donors (Lipinski definition) is 2. The number of nitrogens with one attached hydrogen (secondary N) is 2. The molecule has 0 saturated heterocycles. The van der Waals surface area contributed by atoms with Crippen molar-refractivity contribution >= 4 is 28.8 Å². The van der Waals surface area contributed by atoms with Gasteiger partial charge in [-0.15, -0.1) is 0 Å². The van der Waals surface area contributed by atoms with Crippen LogP contribution in [0.2, 0.25) is 0 Å². The number of thiophene rings is 1. The lowest BCUT2D eigenvalue weighted by molar-refractivity contribution is -0.121. The lowest BCUT2D eigenvalue weighted by atomic mass is 10.1. The van der Waals surface area contributed by atoms with Crippen molar-refractivity contribution in [3.8, 4) is 0 Å². The molecule has 0 radical (unpaired) electrons. The molecule has 1 heterocycles. The van der Waals surface area contributed by atoms with Crippen LogP contribution in [0.5, 0.6) is 0 Å². The van der Waals surface area contributed by atoms with Gasteiger partial charge in [0.1, 0.15) is 0 Å². The molecular weight excluding hydrogens is 320 g/mol. The fraction of sp³-hybridized carbons (Fsp3) is 0.368. The van der Waals surface area contributed by atoms with E-state index in [1.807, 2.05) is 43.5 Å². The first-order chi connectivity index (χ1) is 11.6. The highest BCUT2D eigenvalue weighted by Gasteiger charge is 2.09. The van der Waals surface area contributed by atoms with E-state index in [1.54, 1.807) is 11.3 Å². The van der Waals surface area contributed by atoms with Gasteiger partial charge in [-0.25, -0.2) is 0 Å². The van der Waals surface area contributed by atoms with E-state index in [1.165, 1.54) is 5.56 Å². The molecular formula is C19H24N2O2S. The maximum Gasteiger partial charge on any atom is 0.224 e. The summed E-state index contributed by atoms with van der Waals surface area (Å²) >= 11 is 1.67. The van der Waals surface area contributed by atoms with Crippen molar-refractivity contribution in [2.45, 2.75) is 45.6 Å². The van der Waals surface area contributed by atoms with Crippen molar-refractivity contribution in [1.82, 2.24) is 5.32 Å². The molecule has 0 fully saturated rings. The number of amides is 2. The Morgan fingerprint density at radius 3 is 2.46 bits per heavy atom. The average Bonchev–Trinajstić information content (AvgIpc) is 3.02. The number of hydrogen-bond acceptors (Lipinski definition) is 3. The fourth-order valence-corrected chi connectivity index (χ4v) is 3.16. The summed E-state index contributed by atoms with van der Waals surface area (Å²) in [4.78, 5) is 23.7. The van der Waals surface area contributed by atoms with Gasteiger partial charge in [0.25, 0.3) is 0 Å². The van der Waals surface area contributed by atoms with Gasteiger partial charge in [0.15, 0.2) is 0 Å². The van der Waals surface area contributed by atoms with E-state index < -0.39 is 0 Å². The van der Waals surface area contributed by atoms with Crippen LogP contribution in [0.4, 0.5) is 5.69 Å². The first-order valence-electron chi connectivity index (χ1n) is 8.26. The third-order valence-corrected chi connectivity index (χ3v) is 4.34. The van der Waals surface area contributed by atoms with Crippen LogP contribution in [-0.4, -0.2) is 17.9 Å². The summed E-state index contributed by atoms with van der Waals surface area (Å²) in [5.74, 6) is 0.0331. The molecule has 0 bridgehead atoms. The van der Waals surface area contributed by atoms with Crippen LogP contribution in [0, 0.1) is 0 Å². The van der Waals surface area contributed by atoms with Crippen molar-refractivity contribution in [2.24, 2.45) is 0 Å². The van der Waals surface area contributed by atoms with E-state index in [0.29, 0.717) is 12.8 Å². The maximum atomic E-state index is 12.1. The van der Waals surface area contributed by atoms with Crippen molar-refractivity contribution in [1.29, 1.82) is 0 Å². The number of carbonyl (C=O) groups is 2. The lowest BCUT2D eigenvalue weighted by Crippen LogP contribution is -2.35. The number of carbonyl (C=O) groups excluding carboxylic acids is 2. The van der Waals surface area contributed by atoms with Crippen LogP contribution in [0.25, 0.3) is 0 Å². The largest absolute Gasteiger partial charge is 0.353 e. The smallest absolute Gasteiger partial charge is 0.224 e. The van der Waals surface area contributed by atoms with Gasteiger partial charge in [0.2, 0.25) is 11.8 Å². The zero-order valence-corrected chi connectivity index (χ0v) is 15.0. The normalized spacial score (nSPS) is 11.8. The molecule has 0 aliphatic rings. The van der Waals surface area contributed by atoms with Crippen LogP contribution < -0.4 is 10.6 Å². The molecule has 2 amide bonds. The van der Waals surface area contributed by atoms with Crippen molar-refractivity contribution in [2.75, 3.05) is 5.32 Å². The molecule has 2 N–H and O–H groups in total. The fourth-order valence-electron chi connectivity index (χ4n) is 2.48. The summed E-state index contributed by atoms with van der Waals surface area (Å²) in [5, 5.41) is 10.0. The minimum atomic E-state index is 0.0144. The molecule has 4 nitrogen and oxygen atoms in total. The average molecular weight is 344 g/mol. The number of benzene rings is 1. The number of anilines is 1. The van der Waals surface area contributed by atoms with Gasteiger partial charge >= 0.3 is 0 Å². The molecule has 2 rings (SSSR count). The molecule has 0 aliphatic carbocycles. The van der Waals surface area contributed by atoms with Gasteiger partial charge in [0, 0.05) is 18.2 Å². The lowest BCUT2D eigenvalue weighted by Gasteiger charge is -2.13. The van der Waals surface area contributed by atoms with Crippen molar-refractivity contribution in [3.05, 3.63) is 52.2 Å². The van der Waals surface area contributed by atoms with Crippen LogP contribution in [-0.2, 0) is 22.4 Å². The molecule has 1 aromatic heterocycles. The predicted octanol–water partition coefficient (Wildman–Crippen LogP) is 3.78. The monoisotopic (exact) mass is 344 g/mol. The molecule has 5 heteroatoms. The minimum absolute atomic E-state index is 0.0144. The molecule has 0 aliphatic heterocycles. The van der Waals surface area contributed by atoms with Gasteiger partial charge in [-0.2, -0.15) is 11.3 Å². The van der Waals surface area contributed by atoms with Gasteiger partial charge in [-0.05, 0) is 59.9 Å². The Bertz CT molecular complexity index is 651. The maximum absolute atomic E-state index is 12.1. The first-order valence-corrected chi connectivity index (χ1v) is 9.20. The summed E-state index contributed by atoms with van der Waals surface area (Å²) in [6.07, 6.45) is 2.54. The highest BCUT2D eigenvalue weighted by atomic mass is 32.1. The Morgan fingerprint density at radius 2 is 1.83 bits per heavy atom. The Morgan fingerprint density at radius 1 is 1.08 bits per heavy atom. The van der Waals surface area contributed by atoms with Crippen LogP contribution in [0.15, 0.2) is 41.1 Å². The second-order valence-electron chi connectivity index (χ2n) is 5.98. The highest BCUT2D eigenvalue weighted by molar-refractivity contribution is 7.07. The van der Waals surface area contributed by atoms with E-state index in [2.05, 4.69) is 22.1 Å². The molecule has 1 unspecified atom stereocenters. The van der Waals surface area contributed by atoms with Gasteiger partial charge in [0.05, 0.1) is 6.42 Å². The zero-order chi connectivity index (χ0) is 17.4. The second kappa shape index (κ2) is 9.23. The molecule has 0 saturated carbocycles. The summed E-state index contributed by atoms with van der Waals surface area (Å²) in [6, 6.07) is 9.63. The Balaban J connectivity index is 1.80. The quantitative estimate of drug-likeness (QED) is 0.766. The molecule has 1 aromatic carbocycles. The summed E-state index contributed by atoms with van der Waals surface area (Å²) in [6.45, 7) is 3.99. The predicted molar refractivity (Wildman–Crippen MR) is 99.3 cm³/mol. The van der Waals surface area contributed by atoms with E-state index in [0.717, 1.165) is 24.1 Å². The standard InChI is InChI=1S/C19H24N2O2S/c1-3-4-18(22)21-17-7-5-15(6-8-17)12-19(23)20-14(2)11-16-9-10-24-13-16/h5-10,13-14H,3-4,11-12H2,1-2H3,(H,20,23)(H,21,22). The topological polar surface area (TPSA) is 58.2 Å².